The third-order valence-corrected chi connectivity index (χ3v) is 4.64. The van der Waals surface area contributed by atoms with Gasteiger partial charge in [-0.15, -0.1) is 24.0 Å². The first kappa shape index (κ1) is 20.9. The number of nitrogens with zero attached hydrogens (tertiary/aromatic N) is 1. The van der Waals surface area contributed by atoms with E-state index in [1.165, 1.54) is 0 Å². The van der Waals surface area contributed by atoms with Crippen LogP contribution in [0.5, 0.6) is 11.5 Å². The van der Waals surface area contributed by atoms with Gasteiger partial charge in [0, 0.05) is 27.7 Å². The summed E-state index contributed by atoms with van der Waals surface area (Å²) in [7, 11) is 3.18. The van der Waals surface area contributed by atoms with E-state index in [9.17, 15) is 0 Å². The largest absolute Gasteiger partial charge is 0.493 e. The maximum Gasteiger partial charge on any atom is 0.193 e. The van der Waals surface area contributed by atoms with Gasteiger partial charge >= 0.3 is 0 Å². The smallest absolute Gasteiger partial charge is 0.193 e. The zero-order valence-electron chi connectivity index (χ0n) is 14.3. The molecule has 0 bridgehead atoms. The summed E-state index contributed by atoms with van der Waals surface area (Å²) in [5, 5.41) is 4.37. The molecule has 1 aliphatic carbocycles. The fraction of sp³-hybridized carbons (Fsp3) is 0.278. The molecule has 1 saturated carbocycles. The van der Waals surface area contributed by atoms with E-state index in [4.69, 9.17) is 38.4 Å². The van der Waals surface area contributed by atoms with Crippen LogP contribution in [0.25, 0.3) is 0 Å². The molecule has 3 N–H and O–H groups in total. The van der Waals surface area contributed by atoms with E-state index in [0.717, 1.165) is 17.7 Å². The van der Waals surface area contributed by atoms with Gasteiger partial charge in [-0.05, 0) is 36.2 Å². The van der Waals surface area contributed by atoms with E-state index >= 15 is 0 Å². The molecule has 1 aliphatic rings. The molecule has 140 valence electrons. The Balaban J connectivity index is 0.00000243. The Hall–Kier alpha value is -1.38. The first-order chi connectivity index (χ1) is 12.0. The van der Waals surface area contributed by atoms with E-state index in [1.807, 2.05) is 30.3 Å². The minimum absolute atomic E-state index is 0. The molecule has 1 fully saturated rings. The predicted molar refractivity (Wildman–Crippen MR) is 118 cm³/mol. The van der Waals surface area contributed by atoms with Crippen molar-refractivity contribution in [1.29, 1.82) is 0 Å². The monoisotopic (exact) mass is 507 g/mol. The molecule has 0 saturated heterocycles. The van der Waals surface area contributed by atoms with Gasteiger partial charge in [0.15, 0.2) is 17.5 Å². The van der Waals surface area contributed by atoms with Crippen molar-refractivity contribution in [3.05, 3.63) is 52.0 Å². The van der Waals surface area contributed by atoms with Crippen LogP contribution in [-0.4, -0.2) is 26.2 Å². The molecule has 5 nitrogen and oxygen atoms in total. The lowest BCUT2D eigenvalue weighted by atomic mass is 10.1. The molecule has 2 aromatic rings. The Morgan fingerprint density at radius 2 is 1.85 bits per heavy atom. The number of rotatable bonds is 5. The lowest BCUT2D eigenvalue weighted by Gasteiger charge is -2.11. The first-order valence-corrected chi connectivity index (χ1v) is 8.54. The highest BCUT2D eigenvalue weighted by Gasteiger charge is 2.39. The number of benzene rings is 2. The third kappa shape index (κ3) is 4.86. The summed E-state index contributed by atoms with van der Waals surface area (Å²) in [4.78, 5) is 4.52. The van der Waals surface area contributed by atoms with Crippen LogP contribution in [-0.2, 0) is 0 Å². The van der Waals surface area contributed by atoms with Gasteiger partial charge in [0.2, 0.25) is 0 Å². The Bertz CT molecular complexity index is 817. The lowest BCUT2D eigenvalue weighted by molar-refractivity contribution is 0.355. The summed E-state index contributed by atoms with van der Waals surface area (Å²) in [6, 6.07) is 11.1. The molecule has 0 heterocycles. The number of ether oxygens (including phenoxy) is 2. The molecule has 26 heavy (non-hydrogen) atoms. The highest BCUT2D eigenvalue weighted by molar-refractivity contribution is 14.0. The summed E-state index contributed by atoms with van der Waals surface area (Å²) >= 11 is 12.2. The summed E-state index contributed by atoms with van der Waals surface area (Å²) in [6.45, 7) is 0. The van der Waals surface area contributed by atoms with E-state index < -0.39 is 0 Å². The Labute approximate surface area is 179 Å². The van der Waals surface area contributed by atoms with Gasteiger partial charge in [-0.2, -0.15) is 0 Å². The Kier molecular flexibility index (Phi) is 7.25. The minimum Gasteiger partial charge on any atom is -0.493 e. The quantitative estimate of drug-likeness (QED) is 0.342. The van der Waals surface area contributed by atoms with Crippen molar-refractivity contribution in [2.75, 3.05) is 19.5 Å². The first-order valence-electron chi connectivity index (χ1n) is 7.79. The fourth-order valence-electron chi connectivity index (χ4n) is 2.73. The number of methoxy groups -OCH3 is 2. The molecule has 0 amide bonds. The predicted octanol–water partition coefficient (Wildman–Crippen LogP) is 4.91. The second-order valence-electron chi connectivity index (χ2n) is 5.78. The molecule has 3 rings (SSSR count). The molecule has 0 unspecified atom stereocenters. The van der Waals surface area contributed by atoms with Gasteiger partial charge in [-0.1, -0.05) is 29.3 Å². The van der Waals surface area contributed by atoms with Gasteiger partial charge in [0.1, 0.15) is 0 Å². The summed E-state index contributed by atoms with van der Waals surface area (Å²) in [5.74, 6) is 1.90. The Morgan fingerprint density at radius 3 is 2.50 bits per heavy atom. The standard InChI is InChI=1S/C18H19Cl2N3O2.HI/c1-24-16-6-4-11(8-17(16)25-2)22-18(21)23-15-9-13(15)12-5-3-10(19)7-14(12)20;/h3-8,13,15H,9H2,1-2H3,(H3,21,22,23);1H/t13-,15+;/m0./s1. The highest BCUT2D eigenvalue weighted by Crippen LogP contribution is 2.46. The van der Waals surface area contributed by atoms with Crippen molar-refractivity contribution in [2.24, 2.45) is 10.7 Å². The van der Waals surface area contributed by atoms with E-state index in [-0.39, 0.29) is 35.9 Å². The van der Waals surface area contributed by atoms with E-state index in [2.05, 4.69) is 10.3 Å². The minimum atomic E-state index is 0. The van der Waals surface area contributed by atoms with Crippen molar-refractivity contribution in [1.82, 2.24) is 0 Å². The van der Waals surface area contributed by atoms with Crippen LogP contribution in [0.4, 0.5) is 5.69 Å². The van der Waals surface area contributed by atoms with Crippen molar-refractivity contribution >= 4 is 58.8 Å². The third-order valence-electron chi connectivity index (χ3n) is 4.08. The molecule has 2 aromatic carbocycles. The second-order valence-corrected chi connectivity index (χ2v) is 6.63. The number of guanidine groups is 1. The molecule has 0 spiro atoms. The van der Waals surface area contributed by atoms with Gasteiger partial charge in [0.05, 0.1) is 20.3 Å². The average Bonchev–Trinajstić information content (AvgIpc) is 3.33. The van der Waals surface area contributed by atoms with Crippen LogP contribution < -0.4 is 20.5 Å². The fourth-order valence-corrected chi connectivity index (χ4v) is 3.28. The van der Waals surface area contributed by atoms with Crippen LogP contribution >= 0.6 is 47.2 Å². The maximum atomic E-state index is 6.25. The number of halogens is 3. The zero-order valence-corrected chi connectivity index (χ0v) is 18.2. The normalized spacial score (nSPS) is 18.7. The van der Waals surface area contributed by atoms with Gasteiger partial charge in [-0.25, -0.2) is 4.99 Å². The molecule has 0 aliphatic heterocycles. The molecule has 0 aromatic heterocycles. The highest BCUT2D eigenvalue weighted by atomic mass is 127. The van der Waals surface area contributed by atoms with Crippen LogP contribution in [0.3, 0.4) is 0 Å². The number of nitrogens with one attached hydrogen (secondary N) is 1. The summed E-state index contributed by atoms with van der Waals surface area (Å²) in [5.41, 5.74) is 7.86. The second kappa shape index (κ2) is 9.01. The van der Waals surface area contributed by atoms with E-state index in [1.54, 1.807) is 20.3 Å². The number of nitrogens with two attached hydrogens (primary N) is 1. The van der Waals surface area contributed by atoms with Gasteiger partial charge in [0.25, 0.3) is 0 Å². The van der Waals surface area contributed by atoms with Crippen molar-refractivity contribution in [3.8, 4) is 11.5 Å². The van der Waals surface area contributed by atoms with Crippen molar-refractivity contribution in [3.63, 3.8) is 0 Å². The number of aliphatic imine (C=N–C) groups is 1. The SMILES string of the molecule is COc1ccc(NC(N)=N[C@@H]2C[C@H]2c2ccc(Cl)cc2Cl)cc1OC.I. The molecule has 8 heteroatoms. The number of anilines is 1. The number of hydrogen-bond acceptors (Lipinski definition) is 3. The lowest BCUT2D eigenvalue weighted by Crippen LogP contribution is -2.23. The van der Waals surface area contributed by atoms with Crippen LogP contribution in [0.1, 0.15) is 17.9 Å². The average molecular weight is 508 g/mol. The summed E-state index contributed by atoms with van der Waals surface area (Å²) < 4.78 is 10.5. The molecule has 2 atom stereocenters. The molecular weight excluding hydrogens is 488 g/mol. The number of hydrogen-bond donors (Lipinski definition) is 2. The van der Waals surface area contributed by atoms with Crippen LogP contribution in [0.15, 0.2) is 41.4 Å². The van der Waals surface area contributed by atoms with Crippen LogP contribution in [0.2, 0.25) is 10.0 Å². The molecular formula is C18H20Cl2IN3O2. The van der Waals surface area contributed by atoms with Crippen molar-refractivity contribution < 1.29 is 9.47 Å². The van der Waals surface area contributed by atoms with Gasteiger partial charge in [-0.3, -0.25) is 0 Å². The van der Waals surface area contributed by atoms with Crippen molar-refractivity contribution in [2.45, 2.75) is 18.4 Å². The maximum absolute atomic E-state index is 6.25. The topological polar surface area (TPSA) is 68.9 Å². The van der Waals surface area contributed by atoms with Crippen LogP contribution in [0, 0.1) is 0 Å². The summed E-state index contributed by atoms with van der Waals surface area (Å²) in [6.07, 6.45) is 0.912. The molecule has 0 radical (unpaired) electrons. The Morgan fingerprint density at radius 1 is 1.12 bits per heavy atom. The zero-order chi connectivity index (χ0) is 18.0. The van der Waals surface area contributed by atoms with E-state index in [0.29, 0.717) is 27.5 Å². The van der Waals surface area contributed by atoms with Gasteiger partial charge < -0.3 is 20.5 Å².